The average molecular weight is 531 g/mol. The Kier molecular flexibility index (Phi) is 6.72. The molecule has 1 aromatic heterocycles. The number of hydrogen-bond donors (Lipinski definition) is 0. The van der Waals surface area contributed by atoms with Gasteiger partial charge in [0.15, 0.2) is 0 Å². The molecule has 10 heteroatoms. The van der Waals surface area contributed by atoms with Crippen LogP contribution in [-0.2, 0) is 14.6 Å². The van der Waals surface area contributed by atoms with Gasteiger partial charge in [0.25, 0.3) is 10.0 Å². The van der Waals surface area contributed by atoms with Crippen molar-refractivity contribution in [2.24, 2.45) is 0 Å². The summed E-state index contributed by atoms with van der Waals surface area (Å²) < 4.78 is 73.0. The lowest BCUT2D eigenvalue weighted by Gasteiger charge is -2.30. The number of ether oxygens (including phenoxy) is 1. The van der Waals surface area contributed by atoms with Crippen molar-refractivity contribution in [3.05, 3.63) is 83.6 Å². The van der Waals surface area contributed by atoms with Crippen molar-refractivity contribution >= 4 is 28.1 Å². The van der Waals surface area contributed by atoms with Gasteiger partial charge < -0.3 is 9.30 Å². The first-order valence-electron chi connectivity index (χ1n) is 11.2. The average Bonchev–Trinajstić information content (AvgIpc) is 3.24. The molecule has 188 valence electrons. The monoisotopic (exact) mass is 530 g/mol. The highest BCUT2D eigenvalue weighted by atomic mass is 32.2. The quantitative estimate of drug-likeness (QED) is 0.322. The predicted octanol–water partition coefficient (Wildman–Crippen LogP) is 6.58. The number of aromatic nitrogens is 1. The van der Waals surface area contributed by atoms with Crippen LogP contribution in [0.25, 0.3) is 10.9 Å². The van der Waals surface area contributed by atoms with Gasteiger partial charge >= 0.3 is 0 Å². The molecule has 1 atom stereocenters. The van der Waals surface area contributed by atoms with Crippen LogP contribution in [0, 0.1) is 17.1 Å². The molecule has 0 spiro atoms. The van der Waals surface area contributed by atoms with Gasteiger partial charge in [0, 0.05) is 23.8 Å². The van der Waals surface area contributed by atoms with Crippen molar-refractivity contribution in [3.8, 4) is 17.6 Å². The number of nitriles is 1. The Labute approximate surface area is 208 Å². The van der Waals surface area contributed by atoms with Crippen LogP contribution in [-0.4, -0.2) is 36.6 Å². The van der Waals surface area contributed by atoms with Crippen molar-refractivity contribution < 1.29 is 26.5 Å². The number of hydrogen-bond acceptors (Lipinski definition) is 5. The van der Waals surface area contributed by atoms with Crippen LogP contribution < -0.4 is 4.74 Å². The molecule has 1 heterocycles. The van der Waals surface area contributed by atoms with Crippen molar-refractivity contribution in [3.63, 3.8) is 0 Å². The van der Waals surface area contributed by atoms with E-state index in [-0.39, 0.29) is 17.7 Å². The van der Waals surface area contributed by atoms with E-state index in [1.54, 1.807) is 49.7 Å². The maximum absolute atomic E-state index is 15.3. The summed E-state index contributed by atoms with van der Waals surface area (Å²) in [5.74, 6) is -0.794. The molecule has 0 fully saturated rings. The summed E-state index contributed by atoms with van der Waals surface area (Å²) in [6, 6.07) is 11.8. The number of benzene rings is 2. The molecule has 0 N–H and O–H groups in total. The molecule has 1 aliphatic rings. The largest absolute Gasteiger partial charge is 0.457 e. The summed E-state index contributed by atoms with van der Waals surface area (Å²) in [6.45, 7) is 4.69. The first-order chi connectivity index (χ1) is 16.8. The summed E-state index contributed by atoms with van der Waals surface area (Å²) in [5, 5.41) is 9.54. The van der Waals surface area contributed by atoms with E-state index in [2.05, 4.69) is 0 Å². The maximum Gasteiger partial charge on any atom is 0.251 e. The topological polar surface area (TPSA) is 89.2 Å². The molecule has 3 aromatic rings. The fourth-order valence-electron chi connectivity index (χ4n) is 3.97. The Balaban J connectivity index is 1.61. The van der Waals surface area contributed by atoms with Gasteiger partial charge in [-0.1, -0.05) is 6.08 Å². The third-order valence-corrected chi connectivity index (χ3v) is 9.90. The lowest BCUT2D eigenvalue weighted by Crippen LogP contribution is -2.40. The lowest BCUT2D eigenvalue weighted by atomic mass is 9.95. The number of allylic oxidation sites excluding steroid dienone is 3. The first kappa shape index (κ1) is 25.9. The van der Waals surface area contributed by atoms with Crippen molar-refractivity contribution in [2.45, 2.75) is 24.5 Å². The molecule has 1 unspecified atom stereocenters. The molecule has 0 aliphatic heterocycles. The molecule has 4 rings (SSSR count). The predicted molar refractivity (Wildman–Crippen MR) is 137 cm³/mol. The molecule has 0 radical (unpaired) electrons. The van der Waals surface area contributed by atoms with Crippen LogP contribution in [0.15, 0.2) is 72.2 Å². The molecule has 0 saturated carbocycles. The lowest BCUT2D eigenvalue weighted by molar-refractivity contribution is 0.474. The van der Waals surface area contributed by atoms with Crippen molar-refractivity contribution in [1.82, 2.24) is 3.97 Å². The number of fused-ring (bicyclic) bond motifs is 1. The van der Waals surface area contributed by atoms with Gasteiger partial charge in [-0.15, -0.1) is 0 Å². The normalized spacial score (nSPS) is 18.4. The smallest absolute Gasteiger partial charge is 0.251 e. The minimum atomic E-state index is -4.19. The zero-order valence-electron chi connectivity index (χ0n) is 20.0. The van der Waals surface area contributed by atoms with Crippen LogP contribution in [0.3, 0.4) is 0 Å². The Morgan fingerprint density at radius 1 is 1.14 bits per heavy atom. The van der Waals surface area contributed by atoms with Gasteiger partial charge in [0.1, 0.15) is 34.0 Å². The van der Waals surface area contributed by atoms with Crippen LogP contribution in [0.5, 0.6) is 11.5 Å². The van der Waals surface area contributed by atoms with Gasteiger partial charge in [0.05, 0.1) is 18.2 Å². The third-order valence-electron chi connectivity index (χ3n) is 6.26. The second kappa shape index (κ2) is 9.34. The SMILES string of the molecule is CC1(S(=O)(=O)n2ccc3cc(Oc4ccc(F)c(C#N)c4)ccc32)CC=C(CCP(C)(C)=O)C=C1F. The van der Waals surface area contributed by atoms with Crippen LogP contribution >= 0.6 is 7.14 Å². The van der Waals surface area contributed by atoms with E-state index in [4.69, 9.17) is 10.00 Å². The van der Waals surface area contributed by atoms with E-state index < -0.39 is 33.6 Å². The minimum Gasteiger partial charge on any atom is -0.457 e. The van der Waals surface area contributed by atoms with Crippen molar-refractivity contribution in [2.75, 3.05) is 19.5 Å². The Bertz CT molecular complexity index is 1610. The number of rotatable bonds is 7. The van der Waals surface area contributed by atoms with Gasteiger partial charge in [-0.25, -0.2) is 21.2 Å². The molecular weight excluding hydrogens is 505 g/mol. The first-order valence-corrected chi connectivity index (χ1v) is 15.4. The highest BCUT2D eigenvalue weighted by molar-refractivity contribution is 7.91. The maximum atomic E-state index is 15.3. The summed E-state index contributed by atoms with van der Waals surface area (Å²) in [5.41, 5.74) is 0.835. The van der Waals surface area contributed by atoms with E-state index in [0.717, 1.165) is 10.0 Å². The van der Waals surface area contributed by atoms with Gasteiger partial charge in [0.2, 0.25) is 0 Å². The van der Waals surface area contributed by atoms with Gasteiger partial charge in [-0.3, -0.25) is 0 Å². The Morgan fingerprint density at radius 3 is 2.50 bits per heavy atom. The van der Waals surface area contributed by atoms with E-state index in [1.165, 1.54) is 31.3 Å². The number of nitrogens with zero attached hydrogens (tertiary/aromatic N) is 2. The molecule has 6 nitrogen and oxygen atoms in total. The zero-order chi connectivity index (χ0) is 26.3. The standard InChI is InChI=1S/C26H25F2N2O4PS/c1-26(11-8-18(14-25(26)28)10-13-35(2,3)31)36(32,33)30-12-9-19-15-22(5-7-24(19)30)34-21-4-6-23(27)20(16-21)17-29/h4-9,12,14-16H,10-11,13H2,1-3H3. The highest BCUT2D eigenvalue weighted by Crippen LogP contribution is 2.42. The van der Waals surface area contributed by atoms with Crippen LogP contribution in [0.1, 0.15) is 25.3 Å². The van der Waals surface area contributed by atoms with Crippen molar-refractivity contribution in [1.29, 1.82) is 5.26 Å². The molecule has 1 aliphatic carbocycles. The summed E-state index contributed by atoms with van der Waals surface area (Å²) in [7, 11) is -6.46. The van der Waals surface area contributed by atoms with Crippen LogP contribution in [0.4, 0.5) is 8.78 Å². The summed E-state index contributed by atoms with van der Waals surface area (Å²) in [6.07, 6.45) is 5.12. The molecule has 36 heavy (non-hydrogen) atoms. The van der Waals surface area contributed by atoms with E-state index in [9.17, 15) is 17.4 Å². The molecule has 0 amide bonds. The second-order valence-electron chi connectivity index (χ2n) is 9.45. The second-order valence-corrected chi connectivity index (χ2v) is 15.3. The Morgan fingerprint density at radius 2 is 1.83 bits per heavy atom. The number of halogens is 2. The van der Waals surface area contributed by atoms with Crippen LogP contribution in [0.2, 0.25) is 0 Å². The summed E-state index contributed by atoms with van der Waals surface area (Å²) >= 11 is 0. The van der Waals surface area contributed by atoms with E-state index >= 15 is 4.39 Å². The Hall–Kier alpha value is -3.21. The van der Waals surface area contributed by atoms with Gasteiger partial charge in [-0.05, 0) is 81.1 Å². The zero-order valence-corrected chi connectivity index (χ0v) is 21.7. The molecule has 0 saturated heterocycles. The molecular formula is C26H25F2N2O4PS. The minimum absolute atomic E-state index is 0.0443. The fourth-order valence-corrected chi connectivity index (χ4v) is 6.45. The van der Waals surface area contributed by atoms with Gasteiger partial charge in [-0.2, -0.15) is 5.26 Å². The van der Waals surface area contributed by atoms with E-state index in [0.29, 0.717) is 34.8 Å². The van der Waals surface area contributed by atoms with E-state index in [1.807, 2.05) is 0 Å². The summed E-state index contributed by atoms with van der Waals surface area (Å²) in [4.78, 5) is 0. The fraction of sp³-hybridized carbons (Fsp3) is 0.269. The molecule has 0 bridgehead atoms. The highest BCUT2D eigenvalue weighted by Gasteiger charge is 2.46. The third kappa shape index (κ3) is 4.88. The molecule has 2 aromatic carbocycles.